The number of hydrogen-bond donors (Lipinski definition) is 1. The van der Waals surface area contributed by atoms with Gasteiger partial charge in [-0.25, -0.2) is 13.2 Å². The Labute approximate surface area is 155 Å². The fourth-order valence-electron chi connectivity index (χ4n) is 2.08. The third kappa shape index (κ3) is 5.21. The van der Waals surface area contributed by atoms with E-state index < -0.39 is 28.4 Å². The van der Waals surface area contributed by atoms with Crippen molar-refractivity contribution in [2.75, 3.05) is 24.7 Å². The molecule has 7 nitrogen and oxygen atoms in total. The normalized spacial score (nSPS) is 10.9. The van der Waals surface area contributed by atoms with E-state index in [1.807, 2.05) is 0 Å². The zero-order chi connectivity index (χ0) is 19.3. The number of halogens is 1. The Kier molecular flexibility index (Phi) is 6.23. The molecule has 138 valence electrons. The molecule has 0 aliphatic heterocycles. The first-order valence-corrected chi connectivity index (χ1v) is 9.59. The number of esters is 1. The Morgan fingerprint density at radius 2 is 1.85 bits per heavy atom. The molecule has 2 aromatic rings. The summed E-state index contributed by atoms with van der Waals surface area (Å²) < 4.78 is 35.0. The lowest BCUT2D eigenvalue weighted by Crippen LogP contribution is -2.17. The third-order valence-electron chi connectivity index (χ3n) is 3.25. The molecule has 9 heteroatoms. The molecule has 2 aromatic carbocycles. The summed E-state index contributed by atoms with van der Waals surface area (Å²) in [7, 11) is -2.12. The van der Waals surface area contributed by atoms with Gasteiger partial charge in [0.05, 0.1) is 29.6 Å². The minimum absolute atomic E-state index is 0.00140. The van der Waals surface area contributed by atoms with Crippen molar-refractivity contribution in [3.05, 3.63) is 58.6 Å². The van der Waals surface area contributed by atoms with Crippen LogP contribution in [-0.4, -0.2) is 40.1 Å². The molecule has 0 amide bonds. The Bertz CT molecular complexity index is 942. The summed E-state index contributed by atoms with van der Waals surface area (Å²) in [6, 6.07) is 10.4. The predicted molar refractivity (Wildman–Crippen MR) is 97.5 cm³/mol. The first kappa shape index (κ1) is 19.7. The van der Waals surface area contributed by atoms with Gasteiger partial charge in [-0.15, -0.1) is 0 Å². The molecule has 0 radical (unpaired) electrons. The highest BCUT2D eigenvalue weighted by Gasteiger charge is 2.17. The van der Waals surface area contributed by atoms with Crippen LogP contribution in [0.2, 0.25) is 5.02 Å². The second kappa shape index (κ2) is 8.20. The van der Waals surface area contributed by atoms with E-state index in [0.717, 1.165) is 6.26 Å². The van der Waals surface area contributed by atoms with Crippen molar-refractivity contribution in [1.82, 2.24) is 0 Å². The van der Waals surface area contributed by atoms with Crippen molar-refractivity contribution in [3.8, 4) is 5.75 Å². The van der Waals surface area contributed by atoms with Gasteiger partial charge in [-0.3, -0.25) is 9.52 Å². The van der Waals surface area contributed by atoms with Gasteiger partial charge < -0.3 is 9.47 Å². The summed E-state index contributed by atoms with van der Waals surface area (Å²) in [4.78, 5) is 24.4. The fraction of sp³-hybridized carbons (Fsp3) is 0.176. The number of Topliss-reactive ketones (excluding diaryl/α,β-unsaturated/α-hetero) is 1. The maximum atomic E-state index is 12.2. The van der Waals surface area contributed by atoms with Crippen molar-refractivity contribution in [1.29, 1.82) is 0 Å². The molecule has 1 N–H and O–H groups in total. The highest BCUT2D eigenvalue weighted by molar-refractivity contribution is 7.92. The van der Waals surface area contributed by atoms with Gasteiger partial charge in [0.25, 0.3) is 0 Å². The van der Waals surface area contributed by atoms with Gasteiger partial charge in [0.15, 0.2) is 12.4 Å². The number of sulfonamides is 1. The van der Waals surface area contributed by atoms with Crippen LogP contribution in [0.15, 0.2) is 42.5 Å². The van der Waals surface area contributed by atoms with Crippen LogP contribution in [0.1, 0.15) is 20.7 Å². The second-order valence-electron chi connectivity index (χ2n) is 5.27. The zero-order valence-corrected chi connectivity index (χ0v) is 15.6. The number of ketones is 1. The maximum Gasteiger partial charge on any atom is 0.340 e. The number of carbonyl (C=O) groups is 2. The molecule has 0 saturated heterocycles. The van der Waals surface area contributed by atoms with Crippen LogP contribution in [0.25, 0.3) is 0 Å². The second-order valence-corrected chi connectivity index (χ2v) is 7.42. The average Bonchev–Trinajstić information content (AvgIpc) is 2.58. The van der Waals surface area contributed by atoms with Gasteiger partial charge >= 0.3 is 5.97 Å². The fourth-order valence-corrected chi connectivity index (χ4v) is 2.92. The Morgan fingerprint density at radius 1 is 1.15 bits per heavy atom. The average molecular weight is 398 g/mol. The number of ether oxygens (including phenoxy) is 2. The van der Waals surface area contributed by atoms with Crippen molar-refractivity contribution in [2.45, 2.75) is 0 Å². The molecular formula is C17H16ClNO6S. The summed E-state index contributed by atoms with van der Waals surface area (Å²) in [5, 5.41) is 0.257. The molecule has 26 heavy (non-hydrogen) atoms. The number of anilines is 1. The van der Waals surface area contributed by atoms with E-state index in [9.17, 15) is 18.0 Å². The molecule has 0 aliphatic rings. The summed E-state index contributed by atoms with van der Waals surface area (Å²) in [6.07, 6.45) is 0.964. The molecule has 2 rings (SSSR count). The lowest BCUT2D eigenvalue weighted by molar-refractivity contribution is 0.0476. The van der Waals surface area contributed by atoms with E-state index >= 15 is 0 Å². The van der Waals surface area contributed by atoms with Gasteiger partial charge in [0.2, 0.25) is 10.0 Å². The van der Waals surface area contributed by atoms with Gasteiger partial charge in [-0.1, -0.05) is 23.7 Å². The first-order chi connectivity index (χ1) is 12.2. The lowest BCUT2D eigenvalue weighted by Gasteiger charge is -2.10. The highest BCUT2D eigenvalue weighted by Crippen LogP contribution is 2.25. The summed E-state index contributed by atoms with van der Waals surface area (Å²) in [5.41, 5.74) is 0.324. The molecule has 0 unspecified atom stereocenters. The number of carbonyl (C=O) groups excluding carboxylic acids is 2. The number of hydrogen-bond acceptors (Lipinski definition) is 6. The van der Waals surface area contributed by atoms with E-state index in [0.29, 0.717) is 5.75 Å². The Hall–Kier alpha value is -2.58. The SMILES string of the molecule is COc1ccc(C(=O)COC(=O)c2ccccc2NS(C)(=O)=O)cc1Cl. The monoisotopic (exact) mass is 397 g/mol. The van der Waals surface area contributed by atoms with Gasteiger partial charge in [-0.2, -0.15) is 0 Å². The van der Waals surface area contributed by atoms with Crippen LogP contribution in [0.4, 0.5) is 5.69 Å². The van der Waals surface area contributed by atoms with Crippen molar-refractivity contribution < 1.29 is 27.5 Å². The highest BCUT2D eigenvalue weighted by atomic mass is 35.5. The molecule has 0 spiro atoms. The van der Waals surface area contributed by atoms with Gasteiger partial charge in [0, 0.05) is 5.56 Å². The van der Waals surface area contributed by atoms with Crippen molar-refractivity contribution >= 4 is 39.1 Å². The first-order valence-electron chi connectivity index (χ1n) is 7.32. The van der Waals surface area contributed by atoms with E-state index in [2.05, 4.69) is 4.72 Å². The molecule has 0 bridgehead atoms. The minimum atomic E-state index is -3.57. The van der Waals surface area contributed by atoms with Crippen LogP contribution in [0, 0.1) is 0 Å². The molecule has 0 aliphatic carbocycles. The number of benzene rings is 2. The zero-order valence-electron chi connectivity index (χ0n) is 14.0. The van der Waals surface area contributed by atoms with E-state index in [4.69, 9.17) is 21.1 Å². The lowest BCUT2D eigenvalue weighted by atomic mass is 10.1. The van der Waals surface area contributed by atoms with Crippen LogP contribution in [-0.2, 0) is 14.8 Å². The topological polar surface area (TPSA) is 98.8 Å². The number of nitrogens with one attached hydrogen (secondary N) is 1. The summed E-state index contributed by atoms with van der Waals surface area (Å²) in [5.74, 6) is -0.873. The number of para-hydroxylation sites is 1. The van der Waals surface area contributed by atoms with Gasteiger partial charge in [-0.05, 0) is 30.3 Å². The van der Waals surface area contributed by atoms with Crippen LogP contribution in [0.3, 0.4) is 0 Å². The minimum Gasteiger partial charge on any atom is -0.495 e. The van der Waals surface area contributed by atoms with E-state index in [-0.39, 0.29) is 21.8 Å². The number of methoxy groups -OCH3 is 1. The largest absolute Gasteiger partial charge is 0.495 e. The van der Waals surface area contributed by atoms with Crippen molar-refractivity contribution in [2.24, 2.45) is 0 Å². The smallest absolute Gasteiger partial charge is 0.340 e. The predicted octanol–water partition coefficient (Wildman–Crippen LogP) is 2.76. The van der Waals surface area contributed by atoms with Gasteiger partial charge in [0.1, 0.15) is 5.75 Å². The Balaban J connectivity index is 2.09. The molecule has 0 aromatic heterocycles. The van der Waals surface area contributed by atoms with Crippen LogP contribution < -0.4 is 9.46 Å². The molecule has 0 fully saturated rings. The number of rotatable bonds is 7. The van der Waals surface area contributed by atoms with E-state index in [1.54, 1.807) is 12.1 Å². The quantitative estimate of drug-likeness (QED) is 0.569. The van der Waals surface area contributed by atoms with Crippen LogP contribution in [0.5, 0.6) is 5.75 Å². The standard InChI is InChI=1S/C17H16ClNO6S/c1-24-16-8-7-11(9-13(16)18)15(20)10-25-17(21)12-5-3-4-6-14(12)19-26(2,22)23/h3-9,19H,10H2,1-2H3. The molecule has 0 atom stereocenters. The third-order valence-corrected chi connectivity index (χ3v) is 4.14. The van der Waals surface area contributed by atoms with Crippen molar-refractivity contribution in [3.63, 3.8) is 0 Å². The molecule has 0 heterocycles. The summed E-state index contributed by atoms with van der Waals surface area (Å²) in [6.45, 7) is -0.519. The Morgan fingerprint density at radius 3 is 2.46 bits per heavy atom. The molecular weight excluding hydrogens is 382 g/mol. The van der Waals surface area contributed by atoms with E-state index in [1.165, 1.54) is 37.4 Å². The molecule has 0 saturated carbocycles. The van der Waals surface area contributed by atoms with Crippen LogP contribution >= 0.6 is 11.6 Å². The maximum absolute atomic E-state index is 12.2. The summed E-state index contributed by atoms with van der Waals surface area (Å²) >= 11 is 5.96.